The highest BCUT2D eigenvalue weighted by Crippen LogP contribution is 2.34. The summed E-state index contributed by atoms with van der Waals surface area (Å²) >= 11 is 0. The van der Waals surface area contributed by atoms with Crippen molar-refractivity contribution in [1.82, 2.24) is 4.57 Å². The lowest BCUT2D eigenvalue weighted by molar-refractivity contribution is 0.0526. The molecule has 2 aromatic rings. The maximum Gasteiger partial charge on any atom is 0.338 e. The van der Waals surface area contributed by atoms with E-state index in [4.69, 9.17) is 4.74 Å². The summed E-state index contributed by atoms with van der Waals surface area (Å²) in [6.07, 6.45) is 3.30. The Balaban J connectivity index is 1.93. The average molecular weight is 282 g/mol. The Morgan fingerprint density at radius 2 is 2.29 bits per heavy atom. The molecule has 0 amide bonds. The van der Waals surface area contributed by atoms with Crippen LogP contribution >= 0.6 is 0 Å². The van der Waals surface area contributed by atoms with Gasteiger partial charge in [0.25, 0.3) is 0 Å². The molecule has 1 aromatic heterocycles. The Morgan fingerprint density at radius 1 is 1.38 bits per heavy atom. The number of hydrogen-bond donors (Lipinski definition) is 0. The molecule has 108 valence electrons. The molecule has 0 fully saturated rings. The van der Waals surface area contributed by atoms with E-state index in [9.17, 15) is 4.79 Å². The maximum absolute atomic E-state index is 12.0. The minimum absolute atomic E-state index is 0.236. The summed E-state index contributed by atoms with van der Waals surface area (Å²) in [6, 6.07) is 5.93. The minimum Gasteiger partial charge on any atom is -0.462 e. The molecule has 1 aliphatic heterocycles. The Kier molecular flexibility index (Phi) is 2.84. The van der Waals surface area contributed by atoms with Gasteiger partial charge in [0.1, 0.15) is 0 Å². The van der Waals surface area contributed by atoms with Gasteiger partial charge in [-0.25, -0.2) is 4.79 Å². The van der Waals surface area contributed by atoms with Crippen molar-refractivity contribution in [2.75, 3.05) is 13.2 Å². The molecule has 0 saturated carbocycles. The molecular formula is C17H18N2O2. The zero-order valence-electron chi connectivity index (χ0n) is 12.2. The van der Waals surface area contributed by atoms with E-state index in [0.717, 1.165) is 32.4 Å². The second-order valence-electron chi connectivity index (χ2n) is 5.61. The van der Waals surface area contributed by atoms with Gasteiger partial charge in [-0.1, -0.05) is 0 Å². The number of aromatic nitrogens is 1. The van der Waals surface area contributed by atoms with Crippen molar-refractivity contribution in [2.45, 2.75) is 32.7 Å². The number of fused-ring (bicyclic) bond motifs is 3. The fourth-order valence-electron chi connectivity index (χ4n) is 3.57. The van der Waals surface area contributed by atoms with Crippen molar-refractivity contribution in [3.05, 3.63) is 35.0 Å². The first-order valence-electron chi connectivity index (χ1n) is 7.65. The lowest BCUT2D eigenvalue weighted by atomic mass is 9.93. The molecule has 0 spiro atoms. The zero-order valence-corrected chi connectivity index (χ0v) is 12.2. The van der Waals surface area contributed by atoms with E-state index in [1.807, 2.05) is 19.1 Å². The number of benzene rings is 1. The third-order valence-electron chi connectivity index (χ3n) is 4.42. The molecule has 4 heteroatoms. The number of ether oxygens (including phenoxy) is 1. The summed E-state index contributed by atoms with van der Waals surface area (Å²) < 4.78 is 7.49. The average Bonchev–Trinajstić information content (AvgIpc) is 2.84. The van der Waals surface area contributed by atoms with Crippen molar-refractivity contribution in [2.24, 2.45) is 4.99 Å². The summed E-state index contributed by atoms with van der Waals surface area (Å²) in [5.41, 5.74) is 5.79. The van der Waals surface area contributed by atoms with E-state index in [2.05, 4.69) is 15.6 Å². The zero-order chi connectivity index (χ0) is 14.4. The number of esters is 1. The van der Waals surface area contributed by atoms with Crippen LogP contribution in [0, 0.1) is 0 Å². The number of aryl methyl sites for hydroxylation is 1. The first kappa shape index (κ1) is 12.6. The van der Waals surface area contributed by atoms with Crippen molar-refractivity contribution in [3.8, 4) is 0 Å². The minimum atomic E-state index is -0.236. The van der Waals surface area contributed by atoms with Crippen LogP contribution in [-0.2, 0) is 17.7 Å². The fraction of sp³-hybridized carbons (Fsp3) is 0.412. The van der Waals surface area contributed by atoms with Crippen LogP contribution in [0.1, 0.15) is 41.4 Å². The first-order chi connectivity index (χ1) is 10.3. The van der Waals surface area contributed by atoms with Gasteiger partial charge < -0.3 is 9.30 Å². The second kappa shape index (κ2) is 4.72. The number of aliphatic imine (C=N–C) groups is 1. The molecule has 2 heterocycles. The Hall–Kier alpha value is -2.10. The van der Waals surface area contributed by atoms with Crippen LogP contribution in [-0.4, -0.2) is 29.4 Å². The summed E-state index contributed by atoms with van der Waals surface area (Å²) in [5.74, 6) is -0.236. The van der Waals surface area contributed by atoms with Gasteiger partial charge in [-0.3, -0.25) is 4.99 Å². The monoisotopic (exact) mass is 282 g/mol. The van der Waals surface area contributed by atoms with E-state index < -0.39 is 0 Å². The molecule has 0 saturated heterocycles. The highest BCUT2D eigenvalue weighted by atomic mass is 16.5. The van der Waals surface area contributed by atoms with Gasteiger partial charge in [-0.05, 0) is 49.9 Å². The van der Waals surface area contributed by atoms with Crippen molar-refractivity contribution < 1.29 is 9.53 Å². The van der Waals surface area contributed by atoms with Crippen LogP contribution in [0.5, 0.6) is 0 Å². The first-order valence-corrected chi connectivity index (χ1v) is 7.65. The number of hydrogen-bond acceptors (Lipinski definition) is 3. The number of carbonyl (C=O) groups excluding carboxylic acids is 1. The maximum atomic E-state index is 12.0. The quantitative estimate of drug-likeness (QED) is 0.795. The fourth-order valence-corrected chi connectivity index (χ4v) is 3.57. The largest absolute Gasteiger partial charge is 0.462 e. The standard InChI is InChI=1S/C17H18N2O2/c1-2-21-17(20)11-6-7-15-13(10-11)12-4-3-5-14-16(12)19(15)9-8-18-14/h6-7,10H,2-5,8-9H2,1H3. The van der Waals surface area contributed by atoms with Crippen molar-refractivity contribution in [3.63, 3.8) is 0 Å². The lowest BCUT2D eigenvalue weighted by Crippen LogP contribution is -2.22. The molecule has 0 unspecified atom stereocenters. The van der Waals surface area contributed by atoms with E-state index in [-0.39, 0.29) is 5.97 Å². The molecule has 1 aliphatic carbocycles. The molecule has 2 aliphatic rings. The van der Waals surface area contributed by atoms with Gasteiger partial charge in [0, 0.05) is 17.4 Å². The van der Waals surface area contributed by atoms with Gasteiger partial charge in [0.05, 0.1) is 30.1 Å². The third-order valence-corrected chi connectivity index (χ3v) is 4.42. The predicted molar refractivity (Wildman–Crippen MR) is 82.2 cm³/mol. The topological polar surface area (TPSA) is 43.6 Å². The highest BCUT2D eigenvalue weighted by Gasteiger charge is 2.26. The summed E-state index contributed by atoms with van der Waals surface area (Å²) in [4.78, 5) is 16.6. The van der Waals surface area contributed by atoms with Crippen LogP contribution in [0.25, 0.3) is 10.9 Å². The number of carbonyl (C=O) groups is 1. The Morgan fingerprint density at radius 3 is 3.14 bits per heavy atom. The number of nitrogens with zero attached hydrogens (tertiary/aromatic N) is 2. The van der Waals surface area contributed by atoms with Crippen LogP contribution < -0.4 is 0 Å². The highest BCUT2D eigenvalue weighted by molar-refractivity contribution is 6.08. The van der Waals surface area contributed by atoms with Gasteiger partial charge in [0.15, 0.2) is 0 Å². The van der Waals surface area contributed by atoms with Crippen LogP contribution in [0.3, 0.4) is 0 Å². The smallest absolute Gasteiger partial charge is 0.338 e. The number of rotatable bonds is 2. The summed E-state index contributed by atoms with van der Waals surface area (Å²) in [6.45, 7) is 4.05. The molecule has 0 bridgehead atoms. The van der Waals surface area contributed by atoms with E-state index in [1.165, 1.54) is 27.9 Å². The summed E-state index contributed by atoms with van der Waals surface area (Å²) in [5, 5.41) is 1.20. The molecule has 0 radical (unpaired) electrons. The molecule has 21 heavy (non-hydrogen) atoms. The third kappa shape index (κ3) is 1.82. The van der Waals surface area contributed by atoms with E-state index >= 15 is 0 Å². The van der Waals surface area contributed by atoms with Crippen molar-refractivity contribution >= 4 is 22.6 Å². The van der Waals surface area contributed by atoms with Crippen LogP contribution in [0.2, 0.25) is 0 Å². The van der Waals surface area contributed by atoms with Crippen LogP contribution in [0.4, 0.5) is 0 Å². The van der Waals surface area contributed by atoms with Gasteiger partial charge in [0.2, 0.25) is 0 Å². The van der Waals surface area contributed by atoms with Gasteiger partial charge in [-0.2, -0.15) is 0 Å². The molecular weight excluding hydrogens is 264 g/mol. The van der Waals surface area contributed by atoms with Gasteiger partial charge >= 0.3 is 5.97 Å². The lowest BCUT2D eigenvalue weighted by Gasteiger charge is -2.21. The SMILES string of the molecule is CCOC(=O)c1ccc2c(c1)c1c3n2CCN=C3CCC1. The van der Waals surface area contributed by atoms with Crippen LogP contribution in [0.15, 0.2) is 23.2 Å². The normalized spacial score (nSPS) is 16.5. The molecule has 4 rings (SSSR count). The van der Waals surface area contributed by atoms with Crippen molar-refractivity contribution in [1.29, 1.82) is 0 Å². The molecule has 4 nitrogen and oxygen atoms in total. The molecule has 0 atom stereocenters. The Bertz CT molecular complexity index is 771. The van der Waals surface area contributed by atoms with E-state index in [1.54, 1.807) is 0 Å². The Labute approximate surface area is 123 Å². The summed E-state index contributed by atoms with van der Waals surface area (Å²) in [7, 11) is 0. The second-order valence-corrected chi connectivity index (χ2v) is 5.61. The predicted octanol–water partition coefficient (Wildman–Crippen LogP) is 2.96. The molecule has 1 aromatic carbocycles. The van der Waals surface area contributed by atoms with E-state index in [0.29, 0.717) is 12.2 Å². The molecule has 0 N–H and O–H groups in total. The van der Waals surface area contributed by atoms with Gasteiger partial charge in [-0.15, -0.1) is 0 Å².